The fraction of sp³-hybridized carbons (Fsp3) is 0.133. The third-order valence-corrected chi connectivity index (χ3v) is 2.72. The minimum absolute atomic E-state index is 0.0606. The summed E-state index contributed by atoms with van der Waals surface area (Å²) < 4.78 is 29.0. The number of rotatable bonds is 4. The smallest absolute Gasteiger partial charge is 0.387 e. The van der Waals surface area contributed by atoms with Gasteiger partial charge in [0.05, 0.1) is 0 Å². The van der Waals surface area contributed by atoms with E-state index in [0.29, 0.717) is 11.3 Å². The molecule has 0 fully saturated rings. The standard InChI is InChI=1S/C15H13F2NO2/c1-11-4-2-3-5-14(11)18(19)10-12-6-8-13(9-7-12)20-15(16)17/h2-10,15H,1H3. The van der Waals surface area contributed by atoms with Crippen LogP contribution in [0.2, 0.25) is 0 Å². The van der Waals surface area contributed by atoms with Gasteiger partial charge in [-0.15, -0.1) is 0 Å². The second-order valence-corrected chi connectivity index (χ2v) is 4.19. The largest absolute Gasteiger partial charge is 0.618 e. The molecule has 0 atom stereocenters. The molecule has 0 aliphatic carbocycles. The molecular formula is C15H13F2NO2. The lowest BCUT2D eigenvalue weighted by atomic mass is 10.2. The molecule has 2 rings (SSSR count). The Bertz CT molecular complexity index is 610. The molecule has 0 saturated heterocycles. The minimum atomic E-state index is -2.85. The van der Waals surface area contributed by atoms with Gasteiger partial charge in [0.2, 0.25) is 5.69 Å². The van der Waals surface area contributed by atoms with Crippen molar-refractivity contribution in [2.75, 3.05) is 0 Å². The van der Waals surface area contributed by atoms with E-state index in [1.54, 1.807) is 24.3 Å². The fourth-order valence-corrected chi connectivity index (χ4v) is 1.75. The SMILES string of the molecule is Cc1ccccc1[N+]([O-])=Cc1ccc(OC(F)F)cc1. The zero-order chi connectivity index (χ0) is 14.5. The number of hydrogen-bond donors (Lipinski definition) is 0. The molecule has 2 aromatic rings. The summed E-state index contributed by atoms with van der Waals surface area (Å²) in [6.45, 7) is -1.01. The molecule has 0 aromatic heterocycles. The lowest BCUT2D eigenvalue weighted by Crippen LogP contribution is -2.03. The van der Waals surface area contributed by atoms with Crippen LogP contribution in [0.15, 0.2) is 48.5 Å². The molecule has 0 amide bonds. The molecule has 0 spiro atoms. The van der Waals surface area contributed by atoms with Crippen LogP contribution < -0.4 is 4.74 Å². The van der Waals surface area contributed by atoms with E-state index in [1.165, 1.54) is 18.3 Å². The Morgan fingerprint density at radius 2 is 1.75 bits per heavy atom. The Labute approximate surface area is 115 Å². The monoisotopic (exact) mass is 277 g/mol. The first-order valence-corrected chi connectivity index (χ1v) is 5.98. The van der Waals surface area contributed by atoms with Crippen LogP contribution in [-0.2, 0) is 0 Å². The Kier molecular flexibility index (Phi) is 4.30. The molecule has 0 aliphatic heterocycles. The lowest BCUT2D eigenvalue weighted by Gasteiger charge is -2.06. The first-order valence-electron chi connectivity index (χ1n) is 5.98. The molecule has 0 aliphatic rings. The van der Waals surface area contributed by atoms with Crippen LogP contribution in [0.5, 0.6) is 5.75 Å². The van der Waals surface area contributed by atoms with Gasteiger partial charge in [0.1, 0.15) is 5.75 Å². The number of ether oxygens (including phenoxy) is 1. The number of hydrogen-bond acceptors (Lipinski definition) is 2. The normalized spacial score (nSPS) is 11.7. The number of aryl methyl sites for hydroxylation is 1. The van der Waals surface area contributed by atoms with Crippen molar-refractivity contribution in [3.05, 3.63) is 64.9 Å². The molecule has 0 radical (unpaired) electrons. The number of nitrogens with zero attached hydrogens (tertiary/aromatic N) is 1. The van der Waals surface area contributed by atoms with Crippen LogP contribution >= 0.6 is 0 Å². The van der Waals surface area contributed by atoms with Crippen molar-refractivity contribution >= 4 is 11.9 Å². The van der Waals surface area contributed by atoms with E-state index in [2.05, 4.69) is 4.74 Å². The fourth-order valence-electron chi connectivity index (χ4n) is 1.75. The average Bonchev–Trinajstić information content (AvgIpc) is 2.41. The van der Waals surface area contributed by atoms with Gasteiger partial charge in [0, 0.05) is 17.2 Å². The highest BCUT2D eigenvalue weighted by atomic mass is 19.3. The first kappa shape index (κ1) is 14.0. The number of halogens is 2. The van der Waals surface area contributed by atoms with E-state index in [1.807, 2.05) is 19.1 Å². The van der Waals surface area contributed by atoms with Crippen LogP contribution in [-0.4, -0.2) is 17.6 Å². The Morgan fingerprint density at radius 1 is 1.10 bits per heavy atom. The summed E-state index contributed by atoms with van der Waals surface area (Å²) in [5.74, 6) is 0.0606. The van der Waals surface area contributed by atoms with E-state index in [0.717, 1.165) is 10.3 Å². The summed E-state index contributed by atoms with van der Waals surface area (Å²) in [6.07, 6.45) is 1.38. The van der Waals surface area contributed by atoms with E-state index in [4.69, 9.17) is 0 Å². The van der Waals surface area contributed by atoms with Crippen molar-refractivity contribution < 1.29 is 18.3 Å². The van der Waals surface area contributed by atoms with Crippen molar-refractivity contribution in [1.82, 2.24) is 0 Å². The van der Waals surface area contributed by atoms with E-state index in [-0.39, 0.29) is 5.75 Å². The second-order valence-electron chi connectivity index (χ2n) is 4.19. The molecule has 0 unspecified atom stereocenters. The van der Waals surface area contributed by atoms with E-state index < -0.39 is 6.61 Å². The lowest BCUT2D eigenvalue weighted by molar-refractivity contribution is -0.355. The van der Waals surface area contributed by atoms with Gasteiger partial charge in [-0.2, -0.15) is 13.5 Å². The number of para-hydroxylation sites is 1. The maximum Gasteiger partial charge on any atom is 0.387 e. The van der Waals surface area contributed by atoms with Crippen molar-refractivity contribution in [2.45, 2.75) is 13.5 Å². The highest BCUT2D eigenvalue weighted by molar-refractivity contribution is 5.77. The maximum atomic E-state index is 12.0. The molecule has 2 aromatic carbocycles. The maximum absolute atomic E-state index is 12.0. The van der Waals surface area contributed by atoms with Crippen LogP contribution in [0.3, 0.4) is 0 Å². The third-order valence-electron chi connectivity index (χ3n) is 2.72. The predicted octanol–water partition coefficient (Wildman–Crippen LogP) is 3.86. The molecule has 0 saturated carbocycles. The van der Waals surface area contributed by atoms with Crippen molar-refractivity contribution in [3.8, 4) is 5.75 Å². The zero-order valence-corrected chi connectivity index (χ0v) is 10.8. The van der Waals surface area contributed by atoms with Crippen LogP contribution in [0.25, 0.3) is 0 Å². The van der Waals surface area contributed by atoms with Gasteiger partial charge < -0.3 is 9.94 Å². The van der Waals surface area contributed by atoms with Crippen LogP contribution in [0.4, 0.5) is 14.5 Å². The molecular weight excluding hydrogens is 264 g/mol. The van der Waals surface area contributed by atoms with Crippen molar-refractivity contribution in [1.29, 1.82) is 0 Å². The Hall–Kier alpha value is -2.43. The molecule has 0 N–H and O–H groups in total. The zero-order valence-electron chi connectivity index (χ0n) is 10.8. The minimum Gasteiger partial charge on any atom is -0.618 e. The molecule has 5 heteroatoms. The van der Waals surface area contributed by atoms with Gasteiger partial charge in [-0.1, -0.05) is 18.2 Å². The quantitative estimate of drug-likeness (QED) is 0.368. The van der Waals surface area contributed by atoms with Gasteiger partial charge in [-0.05, 0) is 31.2 Å². The summed E-state index contributed by atoms with van der Waals surface area (Å²) in [5, 5.41) is 12.0. The molecule has 104 valence electrons. The van der Waals surface area contributed by atoms with Gasteiger partial charge in [-0.3, -0.25) is 0 Å². The Morgan fingerprint density at radius 3 is 2.35 bits per heavy atom. The molecule has 0 bridgehead atoms. The topological polar surface area (TPSA) is 35.3 Å². The van der Waals surface area contributed by atoms with E-state index >= 15 is 0 Å². The predicted molar refractivity (Wildman–Crippen MR) is 72.7 cm³/mol. The van der Waals surface area contributed by atoms with Gasteiger partial charge in [0.25, 0.3) is 0 Å². The van der Waals surface area contributed by atoms with Crippen molar-refractivity contribution in [3.63, 3.8) is 0 Å². The van der Waals surface area contributed by atoms with Gasteiger partial charge >= 0.3 is 6.61 Å². The van der Waals surface area contributed by atoms with Gasteiger partial charge in [-0.25, -0.2) is 0 Å². The molecule has 3 nitrogen and oxygen atoms in total. The number of benzene rings is 2. The highest BCUT2D eigenvalue weighted by Crippen LogP contribution is 2.17. The number of alkyl halides is 2. The molecule has 20 heavy (non-hydrogen) atoms. The summed E-state index contributed by atoms with van der Waals surface area (Å²) >= 11 is 0. The van der Waals surface area contributed by atoms with E-state index in [9.17, 15) is 14.0 Å². The first-order chi connectivity index (χ1) is 9.56. The second kappa shape index (κ2) is 6.14. The Balaban J connectivity index is 2.20. The summed E-state index contributed by atoms with van der Waals surface area (Å²) in [4.78, 5) is 0. The molecule has 0 heterocycles. The third kappa shape index (κ3) is 3.54. The van der Waals surface area contributed by atoms with Crippen LogP contribution in [0, 0.1) is 12.1 Å². The average molecular weight is 277 g/mol. The summed E-state index contributed by atoms with van der Waals surface area (Å²) in [5.41, 5.74) is 2.00. The van der Waals surface area contributed by atoms with Crippen LogP contribution in [0.1, 0.15) is 11.1 Å². The van der Waals surface area contributed by atoms with Crippen molar-refractivity contribution in [2.24, 2.45) is 0 Å². The summed E-state index contributed by atoms with van der Waals surface area (Å²) in [7, 11) is 0. The summed E-state index contributed by atoms with van der Waals surface area (Å²) in [6, 6.07) is 13.1. The highest BCUT2D eigenvalue weighted by Gasteiger charge is 2.06. The van der Waals surface area contributed by atoms with Gasteiger partial charge in [0.15, 0.2) is 6.21 Å².